The van der Waals surface area contributed by atoms with E-state index in [1.54, 1.807) is 6.07 Å². The predicted molar refractivity (Wildman–Crippen MR) is 106 cm³/mol. The largest absolute Gasteiger partial charge is 0.479 e. The zero-order valence-electron chi connectivity index (χ0n) is 15.4. The highest BCUT2D eigenvalue weighted by Crippen LogP contribution is 2.28. The molecule has 1 aliphatic rings. The summed E-state index contributed by atoms with van der Waals surface area (Å²) in [6.45, 7) is 3.47. The summed E-state index contributed by atoms with van der Waals surface area (Å²) in [6, 6.07) is 19.8. The van der Waals surface area contributed by atoms with Crippen molar-refractivity contribution in [2.45, 2.75) is 32.4 Å². The van der Waals surface area contributed by atoms with Crippen molar-refractivity contribution in [3.05, 3.63) is 94.0 Å². The summed E-state index contributed by atoms with van der Waals surface area (Å²) in [6.07, 6.45) is 3.43. The van der Waals surface area contributed by atoms with Gasteiger partial charge in [0, 0.05) is 18.3 Å². The lowest BCUT2D eigenvalue weighted by Crippen LogP contribution is -2.29. The molecule has 4 heteroatoms. The zero-order chi connectivity index (χ0) is 18.6. The molecule has 0 N–H and O–H groups in total. The first-order valence-corrected chi connectivity index (χ1v) is 9.37. The summed E-state index contributed by atoms with van der Waals surface area (Å²) in [5.41, 5.74) is 3.45. The van der Waals surface area contributed by atoms with E-state index in [-0.39, 0.29) is 17.3 Å². The van der Waals surface area contributed by atoms with E-state index in [0.717, 1.165) is 24.9 Å². The van der Waals surface area contributed by atoms with Gasteiger partial charge in [0.2, 0.25) is 11.2 Å². The topological polar surface area (TPSA) is 42.7 Å². The lowest BCUT2D eigenvalue weighted by molar-refractivity contribution is 0.217. The number of rotatable bonds is 5. The van der Waals surface area contributed by atoms with Gasteiger partial charge in [-0.3, -0.25) is 4.79 Å². The van der Waals surface area contributed by atoms with Crippen LogP contribution in [-0.4, -0.2) is 6.54 Å². The van der Waals surface area contributed by atoms with Gasteiger partial charge in [-0.2, -0.15) is 0 Å². The van der Waals surface area contributed by atoms with E-state index < -0.39 is 0 Å². The molecule has 27 heavy (non-hydrogen) atoms. The van der Waals surface area contributed by atoms with Crippen LogP contribution >= 0.6 is 0 Å². The van der Waals surface area contributed by atoms with Gasteiger partial charge in [0.05, 0.1) is 6.54 Å². The first kappa shape index (κ1) is 17.4. The van der Waals surface area contributed by atoms with Crippen LogP contribution in [0.25, 0.3) is 0 Å². The van der Waals surface area contributed by atoms with Gasteiger partial charge in [-0.15, -0.1) is 0 Å². The molecule has 0 radical (unpaired) electrons. The van der Waals surface area contributed by atoms with Gasteiger partial charge in [-0.1, -0.05) is 48.5 Å². The maximum atomic E-state index is 12.5. The van der Waals surface area contributed by atoms with Crippen LogP contribution in [-0.2, 0) is 13.0 Å². The molecule has 0 fully saturated rings. The molecule has 1 aliphatic heterocycles. The van der Waals surface area contributed by atoms with Crippen molar-refractivity contribution in [2.75, 3.05) is 11.4 Å². The lowest BCUT2D eigenvalue weighted by atomic mass is 10.0. The van der Waals surface area contributed by atoms with E-state index in [4.69, 9.17) is 9.15 Å². The number of hydrogen-bond acceptors (Lipinski definition) is 4. The van der Waals surface area contributed by atoms with Crippen molar-refractivity contribution in [1.82, 2.24) is 0 Å². The van der Waals surface area contributed by atoms with Crippen LogP contribution in [0.4, 0.5) is 5.69 Å². The third-order valence-corrected chi connectivity index (χ3v) is 4.98. The molecule has 1 atom stereocenters. The van der Waals surface area contributed by atoms with Gasteiger partial charge < -0.3 is 14.1 Å². The first-order valence-electron chi connectivity index (χ1n) is 9.37. The van der Waals surface area contributed by atoms with E-state index in [9.17, 15) is 4.79 Å². The highest BCUT2D eigenvalue weighted by Gasteiger charge is 2.18. The Morgan fingerprint density at radius 3 is 2.70 bits per heavy atom. The van der Waals surface area contributed by atoms with Crippen LogP contribution in [0.15, 0.2) is 76.1 Å². The summed E-state index contributed by atoms with van der Waals surface area (Å²) in [4.78, 5) is 14.8. The Morgan fingerprint density at radius 2 is 1.89 bits per heavy atom. The van der Waals surface area contributed by atoms with Gasteiger partial charge in [0.15, 0.2) is 0 Å². The van der Waals surface area contributed by atoms with Gasteiger partial charge in [0.25, 0.3) is 0 Å². The lowest BCUT2D eigenvalue weighted by Gasteiger charge is -2.30. The van der Waals surface area contributed by atoms with Crippen molar-refractivity contribution in [3.63, 3.8) is 0 Å². The van der Waals surface area contributed by atoms with Crippen molar-refractivity contribution >= 4 is 5.69 Å². The molecule has 4 rings (SSSR count). The summed E-state index contributed by atoms with van der Waals surface area (Å²) in [5.74, 6) is 0.894. The second-order valence-corrected chi connectivity index (χ2v) is 6.90. The van der Waals surface area contributed by atoms with E-state index >= 15 is 0 Å². The maximum Gasteiger partial charge on any atom is 0.227 e. The average molecular weight is 361 g/mol. The standard InChI is InChI=1S/C23H23NO3/c1-17(18-8-3-2-4-9-18)27-23-16-26-20(14-22(23)25)15-24-13-7-11-19-10-5-6-12-21(19)24/h2-6,8-10,12,14,16-17H,7,11,13,15H2,1H3/t17-/m1/s1. The summed E-state index contributed by atoms with van der Waals surface area (Å²) >= 11 is 0. The number of ether oxygens (including phenoxy) is 1. The molecule has 1 aromatic heterocycles. The SMILES string of the molecule is C[C@@H](Oc1coc(CN2CCCc3ccccc32)cc1=O)c1ccccc1. The monoisotopic (exact) mass is 361 g/mol. The van der Waals surface area contributed by atoms with Gasteiger partial charge in [-0.25, -0.2) is 0 Å². The minimum atomic E-state index is -0.214. The number of para-hydroxylation sites is 1. The van der Waals surface area contributed by atoms with Crippen LogP contribution in [0.1, 0.15) is 36.3 Å². The Kier molecular flexibility index (Phi) is 4.97. The molecule has 4 nitrogen and oxygen atoms in total. The van der Waals surface area contributed by atoms with E-state index in [1.807, 2.05) is 37.3 Å². The third-order valence-electron chi connectivity index (χ3n) is 4.98. The Balaban J connectivity index is 1.49. The summed E-state index contributed by atoms with van der Waals surface area (Å²) in [7, 11) is 0. The molecule has 0 saturated heterocycles. The average Bonchev–Trinajstić information content (AvgIpc) is 2.71. The van der Waals surface area contributed by atoms with Crippen LogP contribution in [0.5, 0.6) is 5.75 Å². The molecule has 0 bridgehead atoms. The molecule has 0 unspecified atom stereocenters. The van der Waals surface area contributed by atoms with E-state index in [2.05, 4.69) is 29.2 Å². The Hall–Kier alpha value is -3.01. The summed E-state index contributed by atoms with van der Waals surface area (Å²) < 4.78 is 11.5. The smallest absolute Gasteiger partial charge is 0.227 e. The quantitative estimate of drug-likeness (QED) is 0.659. The molecular formula is C23H23NO3. The zero-order valence-corrected chi connectivity index (χ0v) is 15.4. The Morgan fingerprint density at radius 1 is 1.11 bits per heavy atom. The Bertz CT molecular complexity index is 965. The molecule has 138 valence electrons. The predicted octanol–water partition coefficient (Wildman–Crippen LogP) is 4.73. The van der Waals surface area contributed by atoms with Crippen LogP contribution in [0.3, 0.4) is 0 Å². The highest BCUT2D eigenvalue weighted by molar-refractivity contribution is 5.55. The number of hydrogen-bond donors (Lipinski definition) is 0. The van der Waals surface area contributed by atoms with Crippen molar-refractivity contribution in [1.29, 1.82) is 0 Å². The van der Waals surface area contributed by atoms with Crippen LogP contribution in [0.2, 0.25) is 0 Å². The van der Waals surface area contributed by atoms with Crippen LogP contribution < -0.4 is 15.1 Å². The van der Waals surface area contributed by atoms with Gasteiger partial charge in [-0.05, 0) is 37.0 Å². The molecule has 2 aromatic carbocycles. The minimum Gasteiger partial charge on any atom is -0.479 e. The number of fused-ring (bicyclic) bond motifs is 1. The van der Waals surface area contributed by atoms with Crippen LogP contribution in [0, 0.1) is 0 Å². The number of anilines is 1. The molecule has 2 heterocycles. The summed E-state index contributed by atoms with van der Waals surface area (Å²) in [5, 5.41) is 0. The molecular weight excluding hydrogens is 338 g/mol. The fraction of sp³-hybridized carbons (Fsp3) is 0.261. The highest BCUT2D eigenvalue weighted by atomic mass is 16.5. The minimum absolute atomic E-state index is 0.149. The fourth-order valence-corrected chi connectivity index (χ4v) is 3.55. The van der Waals surface area contributed by atoms with E-state index in [1.165, 1.54) is 17.5 Å². The molecule has 0 saturated carbocycles. The normalized spacial score (nSPS) is 14.5. The van der Waals surface area contributed by atoms with Gasteiger partial charge >= 0.3 is 0 Å². The first-order chi connectivity index (χ1) is 13.2. The molecule has 0 aliphatic carbocycles. The second kappa shape index (κ2) is 7.70. The molecule has 0 amide bonds. The molecule has 0 spiro atoms. The fourth-order valence-electron chi connectivity index (χ4n) is 3.55. The second-order valence-electron chi connectivity index (χ2n) is 6.90. The van der Waals surface area contributed by atoms with E-state index in [0.29, 0.717) is 12.3 Å². The van der Waals surface area contributed by atoms with Crippen molar-refractivity contribution in [2.24, 2.45) is 0 Å². The maximum absolute atomic E-state index is 12.5. The number of benzene rings is 2. The van der Waals surface area contributed by atoms with Crippen molar-refractivity contribution < 1.29 is 9.15 Å². The van der Waals surface area contributed by atoms with Gasteiger partial charge in [0.1, 0.15) is 18.1 Å². The third kappa shape index (κ3) is 3.90. The number of aryl methyl sites for hydroxylation is 1. The number of nitrogens with zero attached hydrogens (tertiary/aromatic N) is 1. The Labute approximate surface area is 159 Å². The van der Waals surface area contributed by atoms with Crippen molar-refractivity contribution in [3.8, 4) is 5.75 Å². The molecule has 3 aromatic rings.